The van der Waals surface area contributed by atoms with Gasteiger partial charge >= 0.3 is 0 Å². The number of ether oxygens (including phenoxy) is 1. The van der Waals surface area contributed by atoms with Gasteiger partial charge in [0.05, 0.1) is 41.7 Å². The Morgan fingerprint density at radius 3 is 2.59 bits per heavy atom. The van der Waals surface area contributed by atoms with Gasteiger partial charge in [-0.3, -0.25) is 4.79 Å². The second-order valence-electron chi connectivity index (χ2n) is 9.74. The van der Waals surface area contributed by atoms with Crippen LogP contribution in [0.2, 0.25) is 0 Å². The minimum absolute atomic E-state index is 0.0944. The van der Waals surface area contributed by atoms with Crippen LogP contribution in [0.15, 0.2) is 54.6 Å². The van der Waals surface area contributed by atoms with Crippen LogP contribution in [0.3, 0.4) is 0 Å². The van der Waals surface area contributed by atoms with Crippen molar-refractivity contribution in [3.05, 3.63) is 77.1 Å². The Hall–Kier alpha value is -3.71. The summed E-state index contributed by atoms with van der Waals surface area (Å²) in [6.45, 7) is 9.13. The van der Waals surface area contributed by atoms with Crippen LogP contribution in [-0.4, -0.2) is 33.0 Å². The number of hydrogen-bond donors (Lipinski definition) is 3. The van der Waals surface area contributed by atoms with Crippen molar-refractivity contribution in [3.63, 3.8) is 0 Å². The number of H-pyrrole nitrogens is 1. The fraction of sp³-hybridized carbons (Fsp3) is 0.296. The number of nitrogens with one attached hydrogen (secondary N) is 3. The molecule has 0 fully saturated rings. The maximum absolute atomic E-state index is 12.6. The van der Waals surface area contributed by atoms with Crippen LogP contribution in [0.4, 0.5) is 5.82 Å². The third kappa shape index (κ3) is 4.39. The van der Waals surface area contributed by atoms with Gasteiger partial charge in [0.25, 0.3) is 5.91 Å². The molecule has 1 amide bonds. The molecule has 2 aromatic carbocycles. The molecule has 5 rings (SSSR count). The fourth-order valence-corrected chi connectivity index (χ4v) is 4.24. The van der Waals surface area contributed by atoms with Crippen molar-refractivity contribution < 1.29 is 9.53 Å². The summed E-state index contributed by atoms with van der Waals surface area (Å²) in [4.78, 5) is 25.8. The van der Waals surface area contributed by atoms with E-state index in [1.807, 2.05) is 61.5 Å². The number of aromatic nitrogens is 3. The molecule has 0 aliphatic carbocycles. The summed E-state index contributed by atoms with van der Waals surface area (Å²) >= 11 is 0. The second-order valence-corrected chi connectivity index (χ2v) is 9.74. The van der Waals surface area contributed by atoms with Crippen LogP contribution in [0.1, 0.15) is 54.1 Å². The summed E-state index contributed by atoms with van der Waals surface area (Å²) in [5, 5.41) is 6.46. The monoisotopic (exact) mass is 455 g/mol. The number of aryl methyl sites for hydroxylation is 1. The molecule has 1 atom stereocenters. The van der Waals surface area contributed by atoms with Crippen LogP contribution >= 0.6 is 0 Å². The molecule has 0 radical (unpaired) electrons. The molecule has 7 heteroatoms. The molecular formula is C27H29N5O2. The lowest BCUT2D eigenvalue weighted by Crippen LogP contribution is -2.27. The number of anilines is 1. The fourth-order valence-electron chi connectivity index (χ4n) is 4.24. The van der Waals surface area contributed by atoms with Gasteiger partial charge < -0.3 is 20.4 Å². The largest absolute Gasteiger partial charge is 0.374 e. The molecule has 174 valence electrons. The summed E-state index contributed by atoms with van der Waals surface area (Å²) in [6, 6.07) is 17.6. The van der Waals surface area contributed by atoms with Crippen molar-refractivity contribution in [3.8, 4) is 11.3 Å². The second kappa shape index (κ2) is 8.57. The van der Waals surface area contributed by atoms with Crippen molar-refractivity contribution in [2.75, 3.05) is 11.9 Å². The summed E-state index contributed by atoms with van der Waals surface area (Å²) in [5.74, 6) is 0.666. The lowest BCUT2D eigenvalue weighted by molar-refractivity contribution is 0.0840. The number of carbonyl (C=O) groups is 1. The van der Waals surface area contributed by atoms with E-state index in [9.17, 15) is 4.79 Å². The molecule has 7 nitrogen and oxygen atoms in total. The van der Waals surface area contributed by atoms with Crippen molar-refractivity contribution in [1.29, 1.82) is 0 Å². The molecule has 0 saturated carbocycles. The number of rotatable bonds is 6. The van der Waals surface area contributed by atoms with E-state index in [0.717, 1.165) is 45.1 Å². The summed E-state index contributed by atoms with van der Waals surface area (Å²) < 4.78 is 5.90. The standard InChI is InChI=1S/C27H29N5O2/c1-16-25(32-27(2,3)4)31-23-18(11-8-12-20(23)28-16)21-13-19-24(29-21)22(30-26(19)33)15-34-14-17-9-6-5-7-10-17/h5-13,22,29H,14-15H2,1-4H3,(H,30,33)(H,31,32). The third-order valence-electron chi connectivity index (χ3n) is 5.80. The minimum atomic E-state index is -0.221. The number of benzene rings is 2. The molecule has 3 N–H and O–H groups in total. The van der Waals surface area contributed by atoms with Gasteiger partial charge in [-0.05, 0) is 45.4 Å². The first kappa shape index (κ1) is 22.1. The SMILES string of the molecule is Cc1nc2cccc(-c3cc4c([nH]3)C(COCc3ccccc3)NC4=O)c2nc1NC(C)(C)C. The Morgan fingerprint density at radius 1 is 1.03 bits per heavy atom. The van der Waals surface area contributed by atoms with Crippen LogP contribution in [0.5, 0.6) is 0 Å². The van der Waals surface area contributed by atoms with E-state index in [0.29, 0.717) is 18.8 Å². The molecular weight excluding hydrogens is 426 g/mol. The molecule has 2 aromatic heterocycles. The lowest BCUT2D eigenvalue weighted by atomic mass is 10.1. The first-order chi connectivity index (χ1) is 16.3. The van der Waals surface area contributed by atoms with Gasteiger partial charge in [0, 0.05) is 16.8 Å². The highest BCUT2D eigenvalue weighted by atomic mass is 16.5. The average Bonchev–Trinajstić information content (AvgIpc) is 3.35. The minimum Gasteiger partial charge on any atom is -0.374 e. The summed E-state index contributed by atoms with van der Waals surface area (Å²) in [5.41, 5.74) is 6.67. The van der Waals surface area contributed by atoms with Crippen LogP contribution < -0.4 is 10.6 Å². The number of hydrogen-bond acceptors (Lipinski definition) is 5. The zero-order valence-electron chi connectivity index (χ0n) is 19.9. The van der Waals surface area contributed by atoms with E-state index in [2.05, 4.69) is 36.4 Å². The van der Waals surface area contributed by atoms with Crippen LogP contribution in [0, 0.1) is 6.92 Å². The first-order valence-electron chi connectivity index (χ1n) is 11.5. The first-order valence-corrected chi connectivity index (χ1v) is 11.5. The number of fused-ring (bicyclic) bond motifs is 2. The molecule has 1 unspecified atom stereocenters. The quantitative estimate of drug-likeness (QED) is 0.374. The molecule has 1 aliphatic heterocycles. The topological polar surface area (TPSA) is 91.9 Å². The predicted octanol–water partition coefficient (Wildman–Crippen LogP) is 5.15. The van der Waals surface area contributed by atoms with Crippen molar-refractivity contribution in [1.82, 2.24) is 20.3 Å². The number of nitrogens with zero attached hydrogens (tertiary/aromatic N) is 2. The molecule has 4 aromatic rings. The molecule has 0 saturated heterocycles. The summed E-state index contributed by atoms with van der Waals surface area (Å²) in [6.07, 6.45) is 0. The van der Waals surface area contributed by atoms with Crippen molar-refractivity contribution in [2.24, 2.45) is 0 Å². The Bertz CT molecular complexity index is 1350. The predicted molar refractivity (Wildman–Crippen MR) is 134 cm³/mol. The third-order valence-corrected chi connectivity index (χ3v) is 5.80. The Kier molecular flexibility index (Phi) is 5.57. The highest BCUT2D eigenvalue weighted by Gasteiger charge is 2.31. The Labute approximate surface area is 199 Å². The zero-order valence-corrected chi connectivity index (χ0v) is 19.9. The summed E-state index contributed by atoms with van der Waals surface area (Å²) in [7, 11) is 0. The maximum Gasteiger partial charge on any atom is 0.253 e. The lowest BCUT2D eigenvalue weighted by Gasteiger charge is -2.22. The number of aromatic amines is 1. The average molecular weight is 456 g/mol. The molecule has 3 heterocycles. The van der Waals surface area contributed by atoms with E-state index >= 15 is 0 Å². The number of carbonyl (C=O) groups excluding carboxylic acids is 1. The van der Waals surface area contributed by atoms with Gasteiger partial charge in [0.15, 0.2) is 0 Å². The molecule has 34 heavy (non-hydrogen) atoms. The van der Waals surface area contributed by atoms with E-state index < -0.39 is 0 Å². The Morgan fingerprint density at radius 2 is 1.82 bits per heavy atom. The number of para-hydroxylation sites is 1. The Balaban J connectivity index is 1.44. The van der Waals surface area contributed by atoms with E-state index in [1.165, 1.54) is 0 Å². The van der Waals surface area contributed by atoms with Crippen LogP contribution in [-0.2, 0) is 11.3 Å². The van der Waals surface area contributed by atoms with E-state index in [-0.39, 0.29) is 17.5 Å². The van der Waals surface area contributed by atoms with E-state index in [1.54, 1.807) is 0 Å². The van der Waals surface area contributed by atoms with Gasteiger partial charge in [0.2, 0.25) is 0 Å². The molecule has 1 aliphatic rings. The maximum atomic E-state index is 12.6. The number of amides is 1. The van der Waals surface area contributed by atoms with Crippen molar-refractivity contribution >= 4 is 22.8 Å². The van der Waals surface area contributed by atoms with Crippen LogP contribution in [0.25, 0.3) is 22.3 Å². The normalized spacial score (nSPS) is 15.4. The van der Waals surface area contributed by atoms with Gasteiger partial charge in [-0.15, -0.1) is 0 Å². The van der Waals surface area contributed by atoms with Gasteiger partial charge in [-0.25, -0.2) is 9.97 Å². The molecule has 0 bridgehead atoms. The van der Waals surface area contributed by atoms with Gasteiger partial charge in [-0.2, -0.15) is 0 Å². The van der Waals surface area contributed by atoms with Gasteiger partial charge in [0.1, 0.15) is 11.3 Å². The smallest absolute Gasteiger partial charge is 0.253 e. The van der Waals surface area contributed by atoms with Crippen molar-refractivity contribution in [2.45, 2.75) is 45.9 Å². The highest BCUT2D eigenvalue weighted by molar-refractivity contribution is 6.01. The highest BCUT2D eigenvalue weighted by Crippen LogP contribution is 2.34. The van der Waals surface area contributed by atoms with Gasteiger partial charge in [-0.1, -0.05) is 42.5 Å². The molecule has 0 spiro atoms. The van der Waals surface area contributed by atoms with E-state index in [4.69, 9.17) is 14.7 Å². The zero-order chi connectivity index (χ0) is 23.9.